The monoisotopic (exact) mass is 422 g/mol. The van der Waals surface area contributed by atoms with Gasteiger partial charge in [-0.25, -0.2) is 19.3 Å². The van der Waals surface area contributed by atoms with Gasteiger partial charge in [0.25, 0.3) is 0 Å². The smallest absolute Gasteiger partial charge is 0.178 e. The van der Waals surface area contributed by atoms with E-state index in [2.05, 4.69) is 30.1 Å². The molecule has 6 rings (SSSR count). The lowest BCUT2D eigenvalue weighted by Crippen LogP contribution is -1.90. The molecular formula is C23H15FN8. The second-order valence-corrected chi connectivity index (χ2v) is 7.32. The maximum Gasteiger partial charge on any atom is 0.178 e. The van der Waals surface area contributed by atoms with Crippen LogP contribution in [0.2, 0.25) is 0 Å². The first-order valence-electron chi connectivity index (χ1n) is 9.83. The molecule has 8 nitrogen and oxygen atoms in total. The Kier molecular flexibility index (Phi) is 3.94. The van der Waals surface area contributed by atoms with Crippen molar-refractivity contribution in [2.75, 3.05) is 5.73 Å². The number of hydrogen-bond acceptors (Lipinski definition) is 6. The first-order valence-corrected chi connectivity index (χ1v) is 9.83. The molecular weight excluding hydrogens is 407 g/mol. The number of benzene rings is 1. The van der Waals surface area contributed by atoms with Gasteiger partial charge in [-0.15, -0.1) is 0 Å². The number of aromatic amines is 2. The first-order chi connectivity index (χ1) is 15.7. The Bertz CT molecular complexity index is 1600. The van der Waals surface area contributed by atoms with Crippen molar-refractivity contribution in [1.29, 1.82) is 0 Å². The number of nitrogens with zero attached hydrogens (tertiary/aromatic N) is 5. The van der Waals surface area contributed by atoms with Crippen LogP contribution in [0.3, 0.4) is 0 Å². The summed E-state index contributed by atoms with van der Waals surface area (Å²) < 4.78 is 13.4. The fraction of sp³-hybridized carbons (Fsp3) is 0. The van der Waals surface area contributed by atoms with Gasteiger partial charge in [0.2, 0.25) is 0 Å². The fourth-order valence-electron chi connectivity index (χ4n) is 3.72. The Labute approximate surface area is 180 Å². The lowest BCUT2D eigenvalue weighted by atomic mass is 10.1. The summed E-state index contributed by atoms with van der Waals surface area (Å²) in [6.45, 7) is 0. The van der Waals surface area contributed by atoms with Crippen LogP contribution >= 0.6 is 0 Å². The van der Waals surface area contributed by atoms with Crippen LogP contribution in [0.4, 0.5) is 10.1 Å². The van der Waals surface area contributed by atoms with Crippen LogP contribution in [-0.4, -0.2) is 35.1 Å². The molecule has 32 heavy (non-hydrogen) atoms. The number of nitrogens with two attached hydrogens (primary N) is 1. The van der Waals surface area contributed by atoms with E-state index in [-0.39, 0.29) is 5.82 Å². The van der Waals surface area contributed by atoms with E-state index in [4.69, 9.17) is 10.7 Å². The van der Waals surface area contributed by atoms with Gasteiger partial charge in [0.1, 0.15) is 11.3 Å². The third-order valence-corrected chi connectivity index (χ3v) is 5.23. The molecule has 1 aromatic carbocycles. The maximum atomic E-state index is 13.4. The normalized spacial score (nSPS) is 11.4. The number of aromatic nitrogens is 7. The molecule has 9 heteroatoms. The van der Waals surface area contributed by atoms with E-state index in [1.165, 1.54) is 12.1 Å². The van der Waals surface area contributed by atoms with E-state index in [0.717, 1.165) is 33.4 Å². The number of nitrogens with one attached hydrogen (secondary N) is 2. The topological polar surface area (TPSA) is 122 Å². The van der Waals surface area contributed by atoms with Gasteiger partial charge >= 0.3 is 0 Å². The molecule has 4 N–H and O–H groups in total. The summed E-state index contributed by atoms with van der Waals surface area (Å²) in [5.41, 5.74) is 13.0. The summed E-state index contributed by atoms with van der Waals surface area (Å²) in [6, 6.07) is 13.8. The molecule has 6 aromatic rings. The standard InChI is InChI=1S/C23H15FN8/c24-14-3-1-12(2-4-14)16-7-8-27-22-19(16)29-23(30-22)21-20-18(31-32-21)6-5-17(28-20)13-9-15(25)11-26-10-13/h1-11H,25H2,(H,31,32)(H,27,29,30). The maximum absolute atomic E-state index is 13.4. The van der Waals surface area contributed by atoms with Gasteiger partial charge in [-0.05, 0) is 42.0 Å². The summed E-state index contributed by atoms with van der Waals surface area (Å²) in [4.78, 5) is 21.2. The Morgan fingerprint density at radius 1 is 0.906 bits per heavy atom. The van der Waals surface area contributed by atoms with Crippen molar-refractivity contribution in [2.24, 2.45) is 0 Å². The number of hydrogen-bond donors (Lipinski definition) is 3. The zero-order valence-corrected chi connectivity index (χ0v) is 16.5. The number of imidazole rings is 1. The molecule has 0 bridgehead atoms. The van der Waals surface area contributed by atoms with Crippen molar-refractivity contribution in [3.8, 4) is 33.9 Å². The van der Waals surface area contributed by atoms with Crippen molar-refractivity contribution in [2.45, 2.75) is 0 Å². The second kappa shape index (κ2) is 6.95. The lowest BCUT2D eigenvalue weighted by Gasteiger charge is -2.02. The fourth-order valence-corrected chi connectivity index (χ4v) is 3.72. The Balaban J connectivity index is 1.50. The van der Waals surface area contributed by atoms with E-state index in [1.54, 1.807) is 30.7 Å². The van der Waals surface area contributed by atoms with Crippen molar-refractivity contribution in [1.82, 2.24) is 35.1 Å². The highest BCUT2D eigenvalue weighted by molar-refractivity contribution is 5.94. The Morgan fingerprint density at radius 3 is 2.62 bits per heavy atom. The van der Waals surface area contributed by atoms with Gasteiger partial charge in [-0.2, -0.15) is 5.10 Å². The summed E-state index contributed by atoms with van der Waals surface area (Å²) in [5, 5.41) is 7.43. The van der Waals surface area contributed by atoms with Gasteiger partial charge in [0.05, 0.1) is 22.4 Å². The molecule has 5 aromatic heterocycles. The van der Waals surface area contributed by atoms with Crippen LogP contribution < -0.4 is 5.73 Å². The average Bonchev–Trinajstić information content (AvgIpc) is 3.43. The molecule has 0 spiro atoms. The predicted octanol–water partition coefficient (Wildman–Crippen LogP) is 4.35. The quantitative estimate of drug-likeness (QED) is 0.390. The third kappa shape index (κ3) is 2.95. The number of pyridine rings is 3. The zero-order valence-electron chi connectivity index (χ0n) is 16.5. The van der Waals surface area contributed by atoms with Crippen LogP contribution in [0.5, 0.6) is 0 Å². The zero-order chi connectivity index (χ0) is 21.7. The van der Waals surface area contributed by atoms with Crippen LogP contribution in [0.1, 0.15) is 0 Å². The molecule has 0 saturated heterocycles. The molecule has 0 amide bonds. The molecule has 0 fully saturated rings. The first kappa shape index (κ1) is 18.1. The molecule has 0 aliphatic carbocycles. The van der Waals surface area contributed by atoms with E-state index in [9.17, 15) is 4.39 Å². The van der Waals surface area contributed by atoms with Crippen molar-refractivity contribution >= 4 is 27.9 Å². The minimum absolute atomic E-state index is 0.287. The van der Waals surface area contributed by atoms with Crippen LogP contribution in [0, 0.1) is 5.82 Å². The number of halogens is 1. The van der Waals surface area contributed by atoms with E-state index >= 15 is 0 Å². The van der Waals surface area contributed by atoms with Crippen LogP contribution in [0.15, 0.2) is 67.1 Å². The van der Waals surface area contributed by atoms with Gasteiger partial charge in [0.15, 0.2) is 17.2 Å². The molecule has 0 atom stereocenters. The molecule has 0 radical (unpaired) electrons. The van der Waals surface area contributed by atoms with Crippen molar-refractivity contribution < 1.29 is 4.39 Å². The Hall–Kier alpha value is -4.66. The van der Waals surface area contributed by atoms with Crippen molar-refractivity contribution in [3.05, 3.63) is 72.9 Å². The minimum atomic E-state index is -0.287. The lowest BCUT2D eigenvalue weighted by molar-refractivity contribution is 0.628. The van der Waals surface area contributed by atoms with Crippen LogP contribution in [-0.2, 0) is 0 Å². The molecule has 5 heterocycles. The molecule has 0 saturated carbocycles. The average molecular weight is 422 g/mol. The summed E-state index contributed by atoms with van der Waals surface area (Å²) in [7, 11) is 0. The highest BCUT2D eigenvalue weighted by atomic mass is 19.1. The Morgan fingerprint density at radius 2 is 1.78 bits per heavy atom. The number of anilines is 1. The minimum Gasteiger partial charge on any atom is -0.397 e. The van der Waals surface area contributed by atoms with Gasteiger partial charge in [-0.1, -0.05) is 12.1 Å². The molecule has 0 aliphatic heterocycles. The largest absolute Gasteiger partial charge is 0.397 e. The number of fused-ring (bicyclic) bond motifs is 2. The van der Waals surface area contributed by atoms with Gasteiger partial charge in [0, 0.05) is 29.7 Å². The van der Waals surface area contributed by atoms with E-state index in [1.807, 2.05) is 24.3 Å². The number of rotatable bonds is 3. The van der Waals surface area contributed by atoms with E-state index in [0.29, 0.717) is 28.4 Å². The SMILES string of the molecule is Nc1cncc(-c2ccc3[nH]nc(-c4nc5nccc(-c6ccc(F)cc6)c5[nH]4)c3n2)c1. The molecule has 154 valence electrons. The highest BCUT2D eigenvalue weighted by Crippen LogP contribution is 2.31. The number of H-pyrrole nitrogens is 2. The highest BCUT2D eigenvalue weighted by Gasteiger charge is 2.17. The van der Waals surface area contributed by atoms with Crippen molar-refractivity contribution in [3.63, 3.8) is 0 Å². The van der Waals surface area contributed by atoms with E-state index < -0.39 is 0 Å². The number of nitrogen functional groups attached to an aromatic ring is 1. The predicted molar refractivity (Wildman–Crippen MR) is 120 cm³/mol. The molecule has 0 unspecified atom stereocenters. The second-order valence-electron chi connectivity index (χ2n) is 7.32. The third-order valence-electron chi connectivity index (χ3n) is 5.23. The molecule has 0 aliphatic rings. The van der Waals surface area contributed by atoms with Gasteiger partial charge in [-0.3, -0.25) is 10.1 Å². The summed E-state index contributed by atoms with van der Waals surface area (Å²) in [5.74, 6) is 0.244. The van der Waals surface area contributed by atoms with Crippen LogP contribution in [0.25, 0.3) is 56.1 Å². The summed E-state index contributed by atoms with van der Waals surface area (Å²) in [6.07, 6.45) is 4.98. The van der Waals surface area contributed by atoms with Gasteiger partial charge < -0.3 is 10.7 Å². The summed E-state index contributed by atoms with van der Waals surface area (Å²) >= 11 is 0.